The molecule has 4 aromatic heterocycles. The molecule has 14 rings (SSSR count). The Morgan fingerprint density at radius 3 is 1.19 bits per heavy atom. The van der Waals surface area contributed by atoms with Crippen LogP contribution in [0.1, 0.15) is 49.3 Å². The molecule has 5 heterocycles. The number of aromatic nitrogens is 6. The van der Waals surface area contributed by atoms with Gasteiger partial charge in [-0.25, -0.2) is 0 Å². The molecular weight excluding hydrogens is 797 g/mol. The number of benzene rings is 9. The first-order chi connectivity index (χ1) is 46.7. The second kappa shape index (κ2) is 13.3. The third kappa shape index (κ3) is 4.65. The van der Waals surface area contributed by atoms with Gasteiger partial charge in [0.25, 0.3) is 0 Å². The maximum atomic E-state index is 10.4. The summed E-state index contributed by atoms with van der Waals surface area (Å²) in [5, 5.41) is -8.09. The normalized spacial score (nSPS) is 21.0. The van der Waals surface area contributed by atoms with E-state index in [-0.39, 0.29) is 0 Å². The molecule has 0 amide bonds. The lowest BCUT2D eigenvalue weighted by Crippen LogP contribution is -2.76. The highest BCUT2D eigenvalue weighted by molar-refractivity contribution is 7.21. The lowest BCUT2D eigenvalue weighted by atomic mass is 10.1. The third-order valence-electron chi connectivity index (χ3n) is 11.1. The molecule has 0 bridgehead atoms. The Balaban J connectivity index is 1.37. The van der Waals surface area contributed by atoms with Gasteiger partial charge in [0.05, 0.1) is 88.1 Å². The first kappa shape index (κ1) is 15.2. The minimum Gasteiger partial charge on any atom is -0.309 e. The highest BCUT2D eigenvalue weighted by Crippen LogP contribution is 2.40. The third-order valence-corrected chi connectivity index (χ3v) is 15.3. The molecular formula is C57H36N6Si. The lowest BCUT2D eigenvalue weighted by molar-refractivity contribution is 0.892. The average molecular weight is 869 g/mol. The molecule has 0 saturated carbocycles. The van der Waals surface area contributed by atoms with Crippen molar-refractivity contribution in [3.63, 3.8) is 0 Å². The van der Waals surface area contributed by atoms with Crippen molar-refractivity contribution in [3.8, 4) is 29.0 Å². The predicted molar refractivity (Wildman–Crippen MR) is 265 cm³/mol. The largest absolute Gasteiger partial charge is 0.309 e. The van der Waals surface area contributed by atoms with Crippen molar-refractivity contribution in [1.82, 2.24) is 28.7 Å². The van der Waals surface area contributed by atoms with Crippen molar-refractivity contribution in [1.29, 1.82) is 0 Å². The Hall–Kier alpha value is -8.39. The van der Waals surface area contributed by atoms with Crippen LogP contribution in [0.15, 0.2) is 218 Å². The van der Waals surface area contributed by atoms with Gasteiger partial charge in [-0.1, -0.05) is 181 Å². The van der Waals surface area contributed by atoms with Gasteiger partial charge in [-0.15, -0.1) is 0 Å². The van der Waals surface area contributed by atoms with E-state index in [1.807, 2.05) is 0 Å². The molecule has 298 valence electrons. The topological polar surface area (TPSA) is 53.5 Å². The molecule has 0 N–H and O–H groups in total. The van der Waals surface area contributed by atoms with Crippen molar-refractivity contribution in [2.45, 2.75) is 0 Å². The van der Waals surface area contributed by atoms with E-state index in [1.54, 1.807) is 0 Å². The first-order valence-electron chi connectivity index (χ1n) is 36.9. The van der Waals surface area contributed by atoms with Crippen LogP contribution in [-0.2, 0) is 0 Å². The van der Waals surface area contributed by atoms with Crippen LogP contribution in [0, 0.1) is 0 Å². The molecule has 0 atom stereocenters. The van der Waals surface area contributed by atoms with Crippen LogP contribution in [0.3, 0.4) is 0 Å². The summed E-state index contributed by atoms with van der Waals surface area (Å²) in [6.45, 7) is 0. The molecule has 1 aliphatic heterocycles. The van der Waals surface area contributed by atoms with Gasteiger partial charge in [-0.3, -0.25) is 9.13 Å². The van der Waals surface area contributed by atoms with E-state index in [0.29, 0.717) is 9.13 Å². The summed E-state index contributed by atoms with van der Waals surface area (Å²) < 4.78 is 340. The molecule has 0 fully saturated rings. The Labute approximate surface area is 419 Å². The fourth-order valence-corrected chi connectivity index (χ4v) is 12.8. The van der Waals surface area contributed by atoms with Crippen LogP contribution >= 0.6 is 0 Å². The zero-order chi connectivity index (χ0) is 73.3. The molecule has 9 aromatic carbocycles. The van der Waals surface area contributed by atoms with Crippen LogP contribution in [0.4, 0.5) is 0 Å². The van der Waals surface area contributed by atoms with Gasteiger partial charge in [0.2, 0.25) is 11.9 Å². The van der Waals surface area contributed by atoms with Gasteiger partial charge in [0, 0.05) is 37.9 Å². The smallest absolute Gasteiger partial charge is 0.240 e. The summed E-state index contributed by atoms with van der Waals surface area (Å²) in [6, 6.07) is -39.2. The fraction of sp³-hybridized carbons (Fsp3) is 0. The van der Waals surface area contributed by atoms with E-state index < -0.39 is 341 Å². The van der Waals surface area contributed by atoms with E-state index in [0.717, 1.165) is 4.57 Å². The molecule has 0 radical (unpaired) electrons. The molecule has 7 heteroatoms. The predicted octanol–water partition coefficient (Wildman–Crippen LogP) is 10.5. The second-order valence-electron chi connectivity index (χ2n) is 14.1. The Morgan fingerprint density at radius 2 is 0.703 bits per heavy atom. The monoisotopic (exact) mass is 869 g/mol. The van der Waals surface area contributed by atoms with Gasteiger partial charge in [0.1, 0.15) is 0 Å². The number of nitrogens with zero attached hydrogens (tertiary/aromatic N) is 6. The maximum absolute atomic E-state index is 10.4. The zero-order valence-electron chi connectivity index (χ0n) is 67.7. The highest BCUT2D eigenvalue weighted by Gasteiger charge is 2.48. The summed E-state index contributed by atoms with van der Waals surface area (Å²) in [6.07, 6.45) is 0. The van der Waals surface area contributed by atoms with Gasteiger partial charge >= 0.3 is 0 Å². The van der Waals surface area contributed by atoms with Crippen molar-refractivity contribution >= 4 is 94.2 Å². The van der Waals surface area contributed by atoms with Crippen LogP contribution in [0.25, 0.3) is 94.4 Å². The highest BCUT2D eigenvalue weighted by atomic mass is 28.3. The van der Waals surface area contributed by atoms with Crippen molar-refractivity contribution < 1.29 is 49.3 Å². The number of rotatable bonds is 5. The summed E-state index contributed by atoms with van der Waals surface area (Å²) in [5.74, 6) is -3.41. The molecule has 64 heavy (non-hydrogen) atoms. The average Bonchev–Trinajstić information content (AvgIpc) is 1.28. The van der Waals surface area contributed by atoms with Crippen LogP contribution < -0.4 is 20.7 Å². The molecule has 0 unspecified atom stereocenters. The fourth-order valence-electron chi connectivity index (χ4n) is 8.65. The quantitative estimate of drug-likeness (QED) is 0.162. The van der Waals surface area contributed by atoms with E-state index in [4.69, 9.17) is 31.4 Å². The van der Waals surface area contributed by atoms with Crippen molar-refractivity contribution in [3.05, 3.63) is 218 Å². The van der Waals surface area contributed by atoms with Crippen molar-refractivity contribution in [2.75, 3.05) is 0 Å². The minimum atomic E-state index is -6.46. The van der Waals surface area contributed by atoms with E-state index in [9.17, 15) is 32.9 Å². The van der Waals surface area contributed by atoms with Crippen LogP contribution in [0.2, 0.25) is 0 Å². The Morgan fingerprint density at radius 1 is 0.328 bits per heavy atom. The molecule has 13 aromatic rings. The number of hydrogen-bond acceptors (Lipinski definition) is 3. The molecule has 0 saturated heterocycles. The van der Waals surface area contributed by atoms with Crippen LogP contribution in [0.5, 0.6) is 0 Å². The van der Waals surface area contributed by atoms with Gasteiger partial charge in [-0.05, 0) is 57.0 Å². The standard InChI is InChI=1S/C57H36N6Si/c1-3-19-37(20-4-1)64(38-21-5-2-6-22-38)51-35-17-28-44-43-27-11-16-34-50(43)63(53(44)51)54-45(29-18-36-52(54)64)55-58-56(61-46-30-12-7-23-39(46)40-24-8-13-31-47(40)61)60-57(59-55)62-48-32-14-9-25-41(48)42-26-10-15-33-49(42)62/h1-36H/i1D,2D,3D,4D,5D,6D,7D,8D,9D,10D,11D,12D,13D,14D,15D,16D,17D,18D,19D,20D,21D,22D,23D,24D,25D,26D,27D,28D,29D,30D,31D,32D,33D,34D,35D,36D. The van der Waals surface area contributed by atoms with Crippen molar-refractivity contribution in [2.24, 2.45) is 0 Å². The lowest BCUT2D eigenvalue weighted by Gasteiger charge is -2.40. The second-order valence-corrected chi connectivity index (χ2v) is 17.6. The number of para-hydroxylation sites is 7. The van der Waals surface area contributed by atoms with Crippen LogP contribution in [-0.4, -0.2) is 36.7 Å². The molecule has 0 spiro atoms. The van der Waals surface area contributed by atoms with E-state index in [1.165, 1.54) is 0 Å². The summed E-state index contributed by atoms with van der Waals surface area (Å²) in [4.78, 5) is 14.3. The van der Waals surface area contributed by atoms with E-state index in [2.05, 4.69) is 0 Å². The first-order valence-corrected chi connectivity index (χ1v) is 20.9. The molecule has 6 nitrogen and oxygen atoms in total. The summed E-state index contributed by atoms with van der Waals surface area (Å²) >= 11 is 0. The van der Waals surface area contributed by atoms with E-state index >= 15 is 0 Å². The van der Waals surface area contributed by atoms with Gasteiger partial charge in [-0.2, -0.15) is 15.0 Å². The molecule has 0 aliphatic carbocycles. The summed E-state index contributed by atoms with van der Waals surface area (Å²) in [7, 11) is -6.46. The maximum Gasteiger partial charge on any atom is 0.240 e. The minimum absolute atomic E-state index is 0.631. The number of hydrogen-bond donors (Lipinski definition) is 0. The Kier molecular flexibility index (Phi) is 3.15. The number of fused-ring (bicyclic) bond motifs is 11. The zero-order valence-corrected chi connectivity index (χ0v) is 32.7. The Bertz CT molecular complexity index is 5730. The molecule has 1 aliphatic rings. The van der Waals surface area contributed by atoms with Gasteiger partial charge in [0.15, 0.2) is 13.9 Å². The van der Waals surface area contributed by atoms with Gasteiger partial charge < -0.3 is 4.57 Å². The SMILES string of the molecule is [2H]c1c([2H])c([2H])c([Si]2(c3c([2H])c([2H])c([2H])c([2H])c3[2H])c3c([2H])c([2H])c([2H])c(-c4nc(-n5c6c([2H])c([2H])c([2H])c([2H])c6c6c([2H])c([2H])c([2H])c([2H])c65)nc(-n5c6c([2H])c([2H])c([2H])c([2H])c6c6c([2H])c([2H])c([2H])c([2H])c65)n4)c3-n3c4c([2H])c([2H])c([2H])c([2H])c4c4c([2H])c([2H])c([2H])c2c43)c([2H])c1[2H]. The summed E-state index contributed by atoms with van der Waals surface area (Å²) in [5.41, 5.74) is -6.72.